The molecule has 1 aromatic rings. The third kappa shape index (κ3) is 4.51. The number of methoxy groups -OCH3 is 1. The smallest absolute Gasteiger partial charge is 0.230 e. The quantitative estimate of drug-likeness (QED) is 0.700. The summed E-state index contributed by atoms with van der Waals surface area (Å²) in [5.41, 5.74) is 0.301. The molecule has 1 amide bonds. The second-order valence-corrected chi connectivity index (χ2v) is 4.95. The molecular formula is C15H23NO4. The standard InChI is InChI=1S/C15H23NO4/c1-15(2,12-4-6-13(19-3)7-5-12)14(18)16-8-10-20-11-9-17/h4-7,17H,8-11H2,1-3H3,(H,16,18). The first kappa shape index (κ1) is 16.5. The van der Waals surface area contributed by atoms with Gasteiger partial charge in [-0.1, -0.05) is 12.1 Å². The zero-order chi connectivity index (χ0) is 15.0. The molecule has 0 unspecified atom stereocenters. The van der Waals surface area contributed by atoms with E-state index in [1.54, 1.807) is 7.11 Å². The highest BCUT2D eigenvalue weighted by atomic mass is 16.5. The summed E-state index contributed by atoms with van der Waals surface area (Å²) in [5.74, 6) is 0.706. The predicted molar refractivity (Wildman–Crippen MR) is 76.9 cm³/mol. The summed E-state index contributed by atoms with van der Waals surface area (Å²) in [7, 11) is 1.61. The summed E-state index contributed by atoms with van der Waals surface area (Å²) in [6.45, 7) is 4.85. The Balaban J connectivity index is 2.55. The molecule has 0 fully saturated rings. The molecule has 2 N–H and O–H groups in total. The van der Waals surface area contributed by atoms with E-state index < -0.39 is 5.41 Å². The van der Waals surface area contributed by atoms with Crippen LogP contribution in [0, 0.1) is 0 Å². The predicted octanol–water partition coefficient (Wildman–Crippen LogP) is 1.10. The third-order valence-electron chi connectivity index (χ3n) is 3.15. The number of benzene rings is 1. The number of carbonyl (C=O) groups is 1. The molecule has 0 saturated heterocycles. The van der Waals surface area contributed by atoms with Gasteiger partial charge in [-0.15, -0.1) is 0 Å². The average molecular weight is 281 g/mol. The number of aliphatic hydroxyl groups is 1. The maximum atomic E-state index is 12.2. The van der Waals surface area contributed by atoms with Crippen LogP contribution in [0.5, 0.6) is 5.75 Å². The van der Waals surface area contributed by atoms with Crippen molar-refractivity contribution in [2.75, 3.05) is 33.5 Å². The van der Waals surface area contributed by atoms with E-state index in [-0.39, 0.29) is 19.1 Å². The minimum Gasteiger partial charge on any atom is -0.497 e. The summed E-state index contributed by atoms with van der Waals surface area (Å²) in [6.07, 6.45) is 0. The number of ether oxygens (including phenoxy) is 2. The van der Waals surface area contributed by atoms with Crippen molar-refractivity contribution in [3.63, 3.8) is 0 Å². The zero-order valence-corrected chi connectivity index (χ0v) is 12.3. The van der Waals surface area contributed by atoms with Crippen molar-refractivity contribution in [1.29, 1.82) is 0 Å². The number of aliphatic hydroxyl groups excluding tert-OH is 1. The Morgan fingerprint density at radius 3 is 2.45 bits per heavy atom. The van der Waals surface area contributed by atoms with Crippen LogP contribution in [0.3, 0.4) is 0 Å². The first-order valence-electron chi connectivity index (χ1n) is 6.63. The van der Waals surface area contributed by atoms with E-state index in [0.717, 1.165) is 11.3 Å². The molecule has 0 heterocycles. The highest BCUT2D eigenvalue weighted by Crippen LogP contribution is 2.25. The van der Waals surface area contributed by atoms with E-state index in [2.05, 4.69) is 5.32 Å². The molecule has 1 aromatic carbocycles. The van der Waals surface area contributed by atoms with Crippen molar-refractivity contribution in [3.05, 3.63) is 29.8 Å². The van der Waals surface area contributed by atoms with Crippen LogP contribution in [0.1, 0.15) is 19.4 Å². The molecule has 20 heavy (non-hydrogen) atoms. The molecule has 0 aliphatic heterocycles. The van der Waals surface area contributed by atoms with Crippen LogP contribution in [0.4, 0.5) is 0 Å². The molecule has 0 aromatic heterocycles. The summed E-state index contributed by atoms with van der Waals surface area (Å²) >= 11 is 0. The number of nitrogens with one attached hydrogen (secondary N) is 1. The van der Waals surface area contributed by atoms with Crippen LogP contribution in [-0.4, -0.2) is 44.5 Å². The van der Waals surface area contributed by atoms with Gasteiger partial charge in [-0.2, -0.15) is 0 Å². The minimum atomic E-state index is -0.622. The lowest BCUT2D eigenvalue weighted by molar-refractivity contribution is -0.125. The molecule has 0 atom stereocenters. The van der Waals surface area contributed by atoms with Gasteiger partial charge in [0.05, 0.1) is 32.3 Å². The highest BCUT2D eigenvalue weighted by Gasteiger charge is 2.29. The van der Waals surface area contributed by atoms with E-state index in [9.17, 15) is 4.79 Å². The van der Waals surface area contributed by atoms with Gasteiger partial charge in [0, 0.05) is 6.54 Å². The molecule has 5 nitrogen and oxygen atoms in total. The summed E-state index contributed by atoms with van der Waals surface area (Å²) in [4.78, 5) is 12.2. The van der Waals surface area contributed by atoms with Crippen LogP contribution in [0.25, 0.3) is 0 Å². The van der Waals surface area contributed by atoms with Gasteiger partial charge in [0.2, 0.25) is 5.91 Å². The SMILES string of the molecule is COc1ccc(C(C)(C)C(=O)NCCOCCO)cc1. The van der Waals surface area contributed by atoms with E-state index in [1.165, 1.54) is 0 Å². The molecule has 0 spiro atoms. The van der Waals surface area contributed by atoms with Crippen molar-refractivity contribution in [3.8, 4) is 5.75 Å². The zero-order valence-electron chi connectivity index (χ0n) is 12.3. The molecule has 5 heteroatoms. The van der Waals surface area contributed by atoms with E-state index in [0.29, 0.717) is 13.2 Å². The fraction of sp³-hybridized carbons (Fsp3) is 0.533. The Morgan fingerprint density at radius 2 is 1.90 bits per heavy atom. The first-order chi connectivity index (χ1) is 9.52. The van der Waals surface area contributed by atoms with Crippen LogP contribution in [-0.2, 0) is 14.9 Å². The van der Waals surface area contributed by atoms with Gasteiger partial charge < -0.3 is 19.9 Å². The lowest BCUT2D eigenvalue weighted by Crippen LogP contribution is -2.41. The van der Waals surface area contributed by atoms with E-state index in [4.69, 9.17) is 14.6 Å². The molecular weight excluding hydrogens is 258 g/mol. The monoisotopic (exact) mass is 281 g/mol. The third-order valence-corrected chi connectivity index (χ3v) is 3.15. The average Bonchev–Trinajstić information content (AvgIpc) is 2.46. The number of rotatable bonds is 8. The fourth-order valence-corrected chi connectivity index (χ4v) is 1.76. The van der Waals surface area contributed by atoms with Gasteiger partial charge in [0.15, 0.2) is 0 Å². The van der Waals surface area contributed by atoms with E-state index in [1.807, 2.05) is 38.1 Å². The van der Waals surface area contributed by atoms with Crippen molar-refractivity contribution >= 4 is 5.91 Å². The summed E-state index contributed by atoms with van der Waals surface area (Å²) < 4.78 is 10.2. The van der Waals surface area contributed by atoms with Crippen molar-refractivity contribution in [1.82, 2.24) is 5.32 Å². The first-order valence-corrected chi connectivity index (χ1v) is 6.63. The minimum absolute atomic E-state index is 0.00864. The fourth-order valence-electron chi connectivity index (χ4n) is 1.76. The Bertz CT molecular complexity index is 414. The highest BCUT2D eigenvalue weighted by molar-refractivity contribution is 5.87. The number of carbonyl (C=O) groups excluding carboxylic acids is 1. The number of hydrogen-bond acceptors (Lipinski definition) is 4. The van der Waals surface area contributed by atoms with Gasteiger partial charge in [0.1, 0.15) is 5.75 Å². The second kappa shape index (κ2) is 7.87. The van der Waals surface area contributed by atoms with Gasteiger partial charge in [-0.3, -0.25) is 4.79 Å². The normalized spacial score (nSPS) is 11.2. The largest absolute Gasteiger partial charge is 0.497 e. The molecule has 0 radical (unpaired) electrons. The number of hydrogen-bond donors (Lipinski definition) is 2. The van der Waals surface area contributed by atoms with Crippen molar-refractivity contribution in [2.45, 2.75) is 19.3 Å². The molecule has 0 aliphatic carbocycles. The van der Waals surface area contributed by atoms with Crippen LogP contribution in [0.15, 0.2) is 24.3 Å². The van der Waals surface area contributed by atoms with Gasteiger partial charge in [-0.25, -0.2) is 0 Å². The maximum Gasteiger partial charge on any atom is 0.230 e. The lowest BCUT2D eigenvalue weighted by atomic mass is 9.83. The number of amides is 1. The van der Waals surface area contributed by atoms with E-state index >= 15 is 0 Å². The van der Waals surface area contributed by atoms with Crippen LogP contribution in [0.2, 0.25) is 0 Å². The van der Waals surface area contributed by atoms with Crippen LogP contribution < -0.4 is 10.1 Å². The van der Waals surface area contributed by atoms with Gasteiger partial charge in [0.25, 0.3) is 0 Å². The Morgan fingerprint density at radius 1 is 1.25 bits per heavy atom. The Kier molecular flexibility index (Phi) is 6.48. The van der Waals surface area contributed by atoms with Crippen LogP contribution >= 0.6 is 0 Å². The van der Waals surface area contributed by atoms with Crippen molar-refractivity contribution in [2.24, 2.45) is 0 Å². The molecule has 0 aliphatic rings. The Hall–Kier alpha value is -1.59. The summed E-state index contributed by atoms with van der Waals surface area (Å²) in [5, 5.41) is 11.4. The van der Waals surface area contributed by atoms with Gasteiger partial charge >= 0.3 is 0 Å². The summed E-state index contributed by atoms with van der Waals surface area (Å²) in [6, 6.07) is 7.46. The maximum absolute atomic E-state index is 12.2. The topological polar surface area (TPSA) is 67.8 Å². The van der Waals surface area contributed by atoms with Gasteiger partial charge in [-0.05, 0) is 31.5 Å². The second-order valence-electron chi connectivity index (χ2n) is 4.95. The molecule has 1 rings (SSSR count). The molecule has 0 bridgehead atoms. The Labute approximate surface area is 119 Å². The van der Waals surface area contributed by atoms with Crippen molar-refractivity contribution < 1.29 is 19.4 Å². The molecule has 0 saturated carbocycles. The molecule has 112 valence electrons. The lowest BCUT2D eigenvalue weighted by Gasteiger charge is -2.24.